The lowest BCUT2D eigenvalue weighted by molar-refractivity contribution is 0.230. The molecule has 0 bridgehead atoms. The fourth-order valence-electron chi connectivity index (χ4n) is 1.98. The number of likely N-dealkylation sites (N-methyl/N-ethyl adjacent to an activating group) is 1. The van der Waals surface area contributed by atoms with E-state index in [9.17, 15) is 0 Å². The number of unbranched alkanes of at least 4 members (excludes halogenated alkanes) is 2. The highest BCUT2D eigenvalue weighted by Crippen LogP contribution is 2.04. The molecule has 0 saturated carbocycles. The van der Waals surface area contributed by atoms with Crippen molar-refractivity contribution in [2.45, 2.75) is 58.9 Å². The van der Waals surface area contributed by atoms with Gasteiger partial charge in [0.05, 0.1) is 0 Å². The van der Waals surface area contributed by atoms with Crippen LogP contribution in [0.3, 0.4) is 0 Å². The summed E-state index contributed by atoms with van der Waals surface area (Å²) in [6.07, 6.45) is 6.53. The van der Waals surface area contributed by atoms with Gasteiger partial charge in [-0.2, -0.15) is 0 Å². The zero-order chi connectivity index (χ0) is 11.5. The number of rotatable bonds is 10. The molecule has 0 aromatic heterocycles. The second-order valence-corrected chi connectivity index (χ2v) is 4.41. The van der Waals surface area contributed by atoms with Gasteiger partial charge in [-0.3, -0.25) is 0 Å². The number of hydrogen-bond donors (Lipinski definition) is 1. The first-order valence-electron chi connectivity index (χ1n) is 6.67. The summed E-state index contributed by atoms with van der Waals surface area (Å²) in [5, 5.41) is 3.51. The molecule has 0 amide bonds. The van der Waals surface area contributed by atoms with Gasteiger partial charge in [0.2, 0.25) is 0 Å². The van der Waals surface area contributed by atoms with Crippen molar-refractivity contribution >= 4 is 0 Å². The minimum atomic E-state index is 0.766. The van der Waals surface area contributed by atoms with Gasteiger partial charge in [0.25, 0.3) is 0 Å². The van der Waals surface area contributed by atoms with Crippen LogP contribution in [0.4, 0.5) is 0 Å². The third-order valence-electron chi connectivity index (χ3n) is 3.16. The van der Waals surface area contributed by atoms with Crippen molar-refractivity contribution in [1.82, 2.24) is 10.2 Å². The average Bonchev–Trinajstić information content (AvgIpc) is 2.25. The molecule has 0 aromatic carbocycles. The third kappa shape index (κ3) is 7.80. The second kappa shape index (κ2) is 10.4. The van der Waals surface area contributed by atoms with E-state index in [2.05, 4.69) is 38.0 Å². The lowest BCUT2D eigenvalue weighted by atomic mass is 10.1. The first kappa shape index (κ1) is 14.9. The van der Waals surface area contributed by atoms with Gasteiger partial charge in [0.15, 0.2) is 0 Å². The number of hydrogen-bond acceptors (Lipinski definition) is 2. The van der Waals surface area contributed by atoms with Crippen LogP contribution in [0.5, 0.6) is 0 Å². The Bertz CT molecular complexity index is 122. The van der Waals surface area contributed by atoms with E-state index in [0.717, 1.165) is 12.6 Å². The largest absolute Gasteiger partial charge is 0.315 e. The summed E-state index contributed by atoms with van der Waals surface area (Å²) >= 11 is 0. The second-order valence-electron chi connectivity index (χ2n) is 4.41. The molecular weight excluding hydrogens is 184 g/mol. The number of nitrogens with zero attached hydrogens (tertiary/aromatic N) is 1. The minimum absolute atomic E-state index is 0.766. The Morgan fingerprint density at radius 2 is 1.67 bits per heavy atom. The molecular formula is C13H30N2. The molecule has 2 heteroatoms. The standard InChI is InChI=1S/C13H30N2/c1-5-8-9-10-14-11-12-15(4)13(6-2)7-3/h13-14H,5-12H2,1-4H3. The van der Waals surface area contributed by atoms with Gasteiger partial charge in [0.1, 0.15) is 0 Å². The van der Waals surface area contributed by atoms with Gasteiger partial charge in [-0.1, -0.05) is 33.6 Å². The Hall–Kier alpha value is -0.0800. The lowest BCUT2D eigenvalue weighted by Crippen LogP contribution is -2.36. The fraction of sp³-hybridized carbons (Fsp3) is 1.00. The van der Waals surface area contributed by atoms with Gasteiger partial charge < -0.3 is 10.2 Å². The minimum Gasteiger partial charge on any atom is -0.315 e. The van der Waals surface area contributed by atoms with Crippen LogP contribution in [0.15, 0.2) is 0 Å². The van der Waals surface area contributed by atoms with Crippen molar-refractivity contribution < 1.29 is 0 Å². The summed E-state index contributed by atoms with van der Waals surface area (Å²) in [4.78, 5) is 2.48. The Morgan fingerprint density at radius 1 is 1.00 bits per heavy atom. The van der Waals surface area contributed by atoms with Crippen molar-refractivity contribution in [3.8, 4) is 0 Å². The molecule has 15 heavy (non-hydrogen) atoms. The van der Waals surface area contributed by atoms with E-state index < -0.39 is 0 Å². The predicted molar refractivity (Wildman–Crippen MR) is 69.4 cm³/mol. The SMILES string of the molecule is CCCCCNCCN(C)C(CC)CC. The first-order chi connectivity index (χ1) is 7.26. The van der Waals surface area contributed by atoms with E-state index in [4.69, 9.17) is 0 Å². The molecule has 0 unspecified atom stereocenters. The Kier molecular flexibility index (Phi) is 10.4. The highest BCUT2D eigenvalue weighted by atomic mass is 15.1. The first-order valence-corrected chi connectivity index (χ1v) is 6.67. The monoisotopic (exact) mass is 214 g/mol. The molecule has 1 N–H and O–H groups in total. The molecule has 0 rings (SSSR count). The summed E-state index contributed by atoms with van der Waals surface area (Å²) < 4.78 is 0. The van der Waals surface area contributed by atoms with E-state index in [0.29, 0.717) is 0 Å². The molecule has 0 fully saturated rings. The van der Waals surface area contributed by atoms with Crippen LogP contribution in [0.25, 0.3) is 0 Å². The van der Waals surface area contributed by atoms with Gasteiger partial charge >= 0.3 is 0 Å². The maximum atomic E-state index is 3.51. The van der Waals surface area contributed by atoms with Crippen LogP contribution in [-0.2, 0) is 0 Å². The van der Waals surface area contributed by atoms with Gasteiger partial charge in [-0.25, -0.2) is 0 Å². The van der Waals surface area contributed by atoms with E-state index in [-0.39, 0.29) is 0 Å². The van der Waals surface area contributed by atoms with Crippen molar-refractivity contribution in [3.05, 3.63) is 0 Å². The normalized spacial score (nSPS) is 11.6. The molecule has 0 saturated heterocycles. The van der Waals surface area contributed by atoms with E-state index >= 15 is 0 Å². The lowest BCUT2D eigenvalue weighted by Gasteiger charge is -2.26. The summed E-state index contributed by atoms with van der Waals surface area (Å²) in [7, 11) is 2.24. The molecule has 0 spiro atoms. The fourth-order valence-corrected chi connectivity index (χ4v) is 1.98. The zero-order valence-corrected chi connectivity index (χ0v) is 11.2. The molecule has 2 nitrogen and oxygen atoms in total. The van der Waals surface area contributed by atoms with E-state index in [1.807, 2.05) is 0 Å². The molecule has 0 atom stereocenters. The number of nitrogens with one attached hydrogen (secondary N) is 1. The summed E-state index contributed by atoms with van der Waals surface area (Å²) in [6, 6.07) is 0.766. The maximum Gasteiger partial charge on any atom is 0.0107 e. The van der Waals surface area contributed by atoms with Crippen LogP contribution >= 0.6 is 0 Å². The summed E-state index contributed by atoms with van der Waals surface area (Å²) in [5.41, 5.74) is 0. The predicted octanol–water partition coefficient (Wildman–Crippen LogP) is 2.89. The molecule has 0 aliphatic heterocycles. The maximum absolute atomic E-state index is 3.51. The topological polar surface area (TPSA) is 15.3 Å². The van der Waals surface area contributed by atoms with Crippen molar-refractivity contribution in [2.75, 3.05) is 26.7 Å². The van der Waals surface area contributed by atoms with Gasteiger partial charge in [-0.15, -0.1) is 0 Å². The molecule has 0 heterocycles. The quantitative estimate of drug-likeness (QED) is 0.563. The molecule has 0 aromatic rings. The third-order valence-corrected chi connectivity index (χ3v) is 3.16. The molecule has 0 radical (unpaired) electrons. The average molecular weight is 214 g/mol. The Labute approximate surface area is 96.4 Å². The summed E-state index contributed by atoms with van der Waals surface area (Å²) in [6.45, 7) is 10.3. The van der Waals surface area contributed by atoms with Crippen LogP contribution in [0.1, 0.15) is 52.9 Å². The highest BCUT2D eigenvalue weighted by molar-refractivity contribution is 4.65. The van der Waals surface area contributed by atoms with Crippen LogP contribution in [-0.4, -0.2) is 37.6 Å². The van der Waals surface area contributed by atoms with Crippen LogP contribution in [0, 0.1) is 0 Å². The van der Waals surface area contributed by atoms with E-state index in [1.165, 1.54) is 45.2 Å². The Morgan fingerprint density at radius 3 is 2.20 bits per heavy atom. The summed E-state index contributed by atoms with van der Waals surface area (Å²) in [5.74, 6) is 0. The zero-order valence-electron chi connectivity index (χ0n) is 11.2. The van der Waals surface area contributed by atoms with Gasteiger partial charge in [-0.05, 0) is 32.9 Å². The smallest absolute Gasteiger partial charge is 0.0107 e. The van der Waals surface area contributed by atoms with Crippen LogP contribution in [0.2, 0.25) is 0 Å². The highest BCUT2D eigenvalue weighted by Gasteiger charge is 2.08. The van der Waals surface area contributed by atoms with Crippen LogP contribution < -0.4 is 5.32 Å². The van der Waals surface area contributed by atoms with Gasteiger partial charge in [0, 0.05) is 19.1 Å². The van der Waals surface area contributed by atoms with Crippen molar-refractivity contribution in [1.29, 1.82) is 0 Å². The van der Waals surface area contributed by atoms with Crippen molar-refractivity contribution in [3.63, 3.8) is 0 Å². The van der Waals surface area contributed by atoms with E-state index in [1.54, 1.807) is 0 Å². The van der Waals surface area contributed by atoms with Crippen molar-refractivity contribution in [2.24, 2.45) is 0 Å². The molecule has 0 aliphatic carbocycles. The molecule has 0 aliphatic rings. The molecule has 92 valence electrons. The Balaban J connectivity index is 3.33.